The van der Waals surface area contributed by atoms with E-state index in [0.29, 0.717) is 12.0 Å². The van der Waals surface area contributed by atoms with Gasteiger partial charge in [-0.3, -0.25) is 29.4 Å². The number of imide groups is 1. The number of nitro benzene ring substituents is 1. The van der Waals surface area contributed by atoms with Gasteiger partial charge < -0.3 is 9.73 Å². The van der Waals surface area contributed by atoms with Gasteiger partial charge in [-0.25, -0.2) is 0 Å². The number of furan rings is 1. The fourth-order valence-corrected chi connectivity index (χ4v) is 2.65. The highest BCUT2D eigenvalue weighted by Crippen LogP contribution is 2.18. The van der Waals surface area contributed by atoms with Crippen molar-refractivity contribution in [2.75, 3.05) is 6.54 Å². The molecule has 0 aliphatic carbocycles. The molecule has 1 aliphatic rings. The van der Waals surface area contributed by atoms with Crippen LogP contribution in [0.25, 0.3) is 6.08 Å². The van der Waals surface area contributed by atoms with Crippen molar-refractivity contribution >= 4 is 29.5 Å². The molecule has 1 N–H and O–H groups in total. The predicted molar refractivity (Wildman–Crippen MR) is 93.2 cm³/mol. The molecule has 0 spiro atoms. The summed E-state index contributed by atoms with van der Waals surface area (Å²) in [5, 5.41) is 13.4. The molecule has 1 aliphatic heterocycles. The van der Waals surface area contributed by atoms with Crippen molar-refractivity contribution < 1.29 is 23.7 Å². The number of amides is 3. The summed E-state index contributed by atoms with van der Waals surface area (Å²) < 4.78 is 5.00. The molecule has 1 aromatic carbocycles. The number of nitro groups is 1. The van der Waals surface area contributed by atoms with Gasteiger partial charge in [-0.1, -0.05) is 12.1 Å². The molecule has 0 saturated carbocycles. The minimum absolute atomic E-state index is 0.0134. The highest BCUT2D eigenvalue weighted by Gasteiger charge is 2.30. The molecule has 1 saturated heterocycles. The van der Waals surface area contributed by atoms with Gasteiger partial charge in [0.15, 0.2) is 5.76 Å². The van der Waals surface area contributed by atoms with Crippen LogP contribution in [0.1, 0.15) is 29.0 Å². The summed E-state index contributed by atoms with van der Waals surface area (Å²) >= 11 is 0. The number of non-ortho nitro benzene ring substituents is 1. The van der Waals surface area contributed by atoms with E-state index in [4.69, 9.17) is 4.42 Å². The van der Waals surface area contributed by atoms with Crippen LogP contribution in [-0.2, 0) is 9.59 Å². The maximum absolute atomic E-state index is 12.7. The van der Waals surface area contributed by atoms with Crippen molar-refractivity contribution in [3.05, 3.63) is 69.8 Å². The Morgan fingerprint density at radius 2 is 2.07 bits per heavy atom. The Labute approximate surface area is 153 Å². The lowest BCUT2D eigenvalue weighted by molar-refractivity contribution is -0.384. The van der Waals surface area contributed by atoms with Crippen molar-refractivity contribution in [2.45, 2.75) is 12.8 Å². The fraction of sp³-hybridized carbons (Fsp3) is 0.167. The van der Waals surface area contributed by atoms with Crippen LogP contribution in [0.5, 0.6) is 0 Å². The molecule has 2 aromatic rings. The summed E-state index contributed by atoms with van der Waals surface area (Å²) in [6.07, 6.45) is 3.40. The first-order valence-corrected chi connectivity index (χ1v) is 8.11. The third-order valence-electron chi connectivity index (χ3n) is 3.93. The number of benzene rings is 1. The standard InChI is InChI=1S/C18H15N3O6/c22-16-7-2-8-20(16)18(24)14(19-17(23)15-6-3-9-27-15)11-12-4-1-5-13(10-12)21(25)26/h1,3-6,9-11H,2,7-8H2,(H,19,23)/b14-11+. The number of carbonyl (C=O) groups excluding carboxylic acids is 3. The number of nitrogens with zero attached hydrogens (tertiary/aromatic N) is 2. The van der Waals surface area contributed by atoms with E-state index < -0.39 is 16.7 Å². The van der Waals surface area contributed by atoms with E-state index >= 15 is 0 Å². The third-order valence-corrected chi connectivity index (χ3v) is 3.93. The third kappa shape index (κ3) is 4.09. The van der Waals surface area contributed by atoms with Crippen LogP contribution in [0.2, 0.25) is 0 Å². The lowest BCUT2D eigenvalue weighted by atomic mass is 10.1. The first-order chi connectivity index (χ1) is 13.0. The molecule has 9 nitrogen and oxygen atoms in total. The Morgan fingerprint density at radius 1 is 1.26 bits per heavy atom. The SMILES string of the molecule is O=C(N/C(=C/c1cccc([N+](=O)[O-])c1)C(=O)N1CCCC1=O)c1ccco1. The van der Waals surface area contributed by atoms with Crippen LogP contribution in [0.15, 0.2) is 52.8 Å². The predicted octanol–water partition coefficient (Wildman–Crippen LogP) is 2.11. The average Bonchev–Trinajstić information content (AvgIpc) is 3.32. The summed E-state index contributed by atoms with van der Waals surface area (Å²) in [5.74, 6) is -1.70. The lowest BCUT2D eigenvalue weighted by Crippen LogP contribution is -2.39. The number of rotatable bonds is 5. The van der Waals surface area contributed by atoms with E-state index in [1.807, 2.05) is 0 Å². The van der Waals surface area contributed by atoms with Gasteiger partial charge in [-0.15, -0.1) is 0 Å². The van der Waals surface area contributed by atoms with Gasteiger partial charge in [0, 0.05) is 25.1 Å². The molecule has 0 unspecified atom stereocenters. The van der Waals surface area contributed by atoms with Crippen LogP contribution < -0.4 is 5.32 Å². The largest absolute Gasteiger partial charge is 0.459 e. The van der Waals surface area contributed by atoms with E-state index in [0.717, 1.165) is 4.90 Å². The number of hydrogen-bond acceptors (Lipinski definition) is 6. The molecule has 138 valence electrons. The molecule has 2 heterocycles. The van der Waals surface area contributed by atoms with E-state index in [1.165, 1.54) is 42.7 Å². The molecule has 27 heavy (non-hydrogen) atoms. The number of likely N-dealkylation sites (tertiary alicyclic amines) is 1. The van der Waals surface area contributed by atoms with E-state index in [1.54, 1.807) is 6.07 Å². The molecular weight excluding hydrogens is 354 g/mol. The molecule has 3 rings (SSSR count). The minimum Gasteiger partial charge on any atom is -0.459 e. The topological polar surface area (TPSA) is 123 Å². The molecule has 0 bridgehead atoms. The van der Waals surface area contributed by atoms with Crippen molar-refractivity contribution in [3.8, 4) is 0 Å². The van der Waals surface area contributed by atoms with Crippen molar-refractivity contribution in [1.29, 1.82) is 0 Å². The maximum atomic E-state index is 12.7. The quantitative estimate of drug-likeness (QED) is 0.489. The van der Waals surface area contributed by atoms with Gasteiger partial charge in [-0.05, 0) is 30.2 Å². The Balaban J connectivity index is 1.94. The summed E-state index contributed by atoms with van der Waals surface area (Å²) in [4.78, 5) is 48.3. The van der Waals surface area contributed by atoms with Gasteiger partial charge >= 0.3 is 0 Å². The zero-order valence-electron chi connectivity index (χ0n) is 14.1. The Bertz CT molecular complexity index is 932. The Hall–Kier alpha value is -3.75. The zero-order chi connectivity index (χ0) is 19.4. The second-order valence-corrected chi connectivity index (χ2v) is 5.80. The molecule has 0 atom stereocenters. The van der Waals surface area contributed by atoms with E-state index in [9.17, 15) is 24.5 Å². The Morgan fingerprint density at radius 3 is 2.70 bits per heavy atom. The van der Waals surface area contributed by atoms with Crippen LogP contribution in [0.3, 0.4) is 0 Å². The van der Waals surface area contributed by atoms with Crippen LogP contribution in [-0.4, -0.2) is 34.1 Å². The van der Waals surface area contributed by atoms with E-state index in [-0.39, 0.29) is 36.0 Å². The summed E-state index contributed by atoms with van der Waals surface area (Å²) in [6, 6.07) is 8.52. The van der Waals surface area contributed by atoms with Crippen LogP contribution >= 0.6 is 0 Å². The van der Waals surface area contributed by atoms with Gasteiger partial charge in [0.25, 0.3) is 17.5 Å². The Kier molecular flexibility index (Phi) is 5.11. The van der Waals surface area contributed by atoms with Crippen molar-refractivity contribution in [2.24, 2.45) is 0 Å². The first kappa shape index (κ1) is 18.1. The van der Waals surface area contributed by atoms with Gasteiger partial charge in [-0.2, -0.15) is 0 Å². The average molecular weight is 369 g/mol. The molecule has 9 heteroatoms. The van der Waals surface area contributed by atoms with Gasteiger partial charge in [0.1, 0.15) is 5.70 Å². The number of hydrogen-bond donors (Lipinski definition) is 1. The smallest absolute Gasteiger partial charge is 0.291 e. The van der Waals surface area contributed by atoms with Crippen LogP contribution in [0.4, 0.5) is 5.69 Å². The lowest BCUT2D eigenvalue weighted by Gasteiger charge is -2.16. The normalized spacial score (nSPS) is 14.3. The summed E-state index contributed by atoms with van der Waals surface area (Å²) in [6.45, 7) is 0.251. The highest BCUT2D eigenvalue weighted by atomic mass is 16.6. The maximum Gasteiger partial charge on any atom is 0.291 e. The minimum atomic E-state index is -0.677. The molecular formula is C18H15N3O6. The number of carbonyl (C=O) groups is 3. The monoisotopic (exact) mass is 369 g/mol. The number of nitrogens with one attached hydrogen (secondary N) is 1. The zero-order valence-corrected chi connectivity index (χ0v) is 14.1. The van der Waals surface area contributed by atoms with Crippen molar-refractivity contribution in [1.82, 2.24) is 10.2 Å². The van der Waals surface area contributed by atoms with Crippen molar-refractivity contribution in [3.63, 3.8) is 0 Å². The second-order valence-electron chi connectivity index (χ2n) is 5.80. The molecule has 0 radical (unpaired) electrons. The summed E-state index contributed by atoms with van der Waals surface area (Å²) in [5.41, 5.74) is -0.00347. The second kappa shape index (κ2) is 7.65. The molecule has 1 fully saturated rings. The summed E-state index contributed by atoms with van der Waals surface area (Å²) in [7, 11) is 0. The highest BCUT2D eigenvalue weighted by molar-refractivity contribution is 6.10. The fourth-order valence-electron chi connectivity index (χ4n) is 2.65. The van der Waals surface area contributed by atoms with Gasteiger partial charge in [0.2, 0.25) is 5.91 Å². The molecule has 1 aromatic heterocycles. The van der Waals surface area contributed by atoms with E-state index in [2.05, 4.69) is 5.32 Å². The van der Waals surface area contributed by atoms with Crippen LogP contribution in [0, 0.1) is 10.1 Å². The molecule has 3 amide bonds. The van der Waals surface area contributed by atoms with Gasteiger partial charge in [0.05, 0.1) is 11.2 Å². The first-order valence-electron chi connectivity index (χ1n) is 8.11.